The Balaban J connectivity index is 1.94. The fraction of sp³-hybridized carbons (Fsp3) is 0.438. The van der Waals surface area contributed by atoms with E-state index in [1.54, 1.807) is 24.3 Å². The summed E-state index contributed by atoms with van der Waals surface area (Å²) < 4.78 is 5.13. The molecule has 2 rings (SSSR count). The highest BCUT2D eigenvalue weighted by atomic mass is 35.5. The Labute approximate surface area is 144 Å². The van der Waals surface area contributed by atoms with Crippen LogP contribution in [0.15, 0.2) is 24.3 Å². The van der Waals surface area contributed by atoms with Crippen molar-refractivity contribution in [1.29, 1.82) is 0 Å². The number of carbonyl (C=O) groups is 3. The number of nitrogens with one attached hydrogen (secondary N) is 2. The maximum Gasteiger partial charge on any atom is 0.312 e. The third kappa shape index (κ3) is 5.73. The summed E-state index contributed by atoms with van der Waals surface area (Å²) in [6, 6.07) is 5.41. The number of primary amides is 1. The average molecular weight is 354 g/mol. The Morgan fingerprint density at radius 3 is 2.46 bits per heavy atom. The minimum Gasteiger partial charge on any atom is -0.452 e. The first-order valence-corrected chi connectivity index (χ1v) is 8.04. The predicted octanol–water partition coefficient (Wildman–Crippen LogP) is 1.65. The lowest BCUT2D eigenvalue weighted by molar-refractivity contribution is -0.155. The number of carbonyl (C=O) groups excluding carboxylic acids is 3. The fourth-order valence-electron chi connectivity index (χ4n) is 2.13. The summed E-state index contributed by atoms with van der Waals surface area (Å²) in [5, 5.41) is 5.78. The van der Waals surface area contributed by atoms with Crippen molar-refractivity contribution in [1.82, 2.24) is 10.6 Å². The van der Waals surface area contributed by atoms with Crippen LogP contribution in [0.3, 0.4) is 0 Å². The van der Waals surface area contributed by atoms with E-state index in [-0.39, 0.29) is 18.4 Å². The number of amides is 3. The number of halogens is 1. The molecule has 1 aliphatic carbocycles. The smallest absolute Gasteiger partial charge is 0.312 e. The minimum atomic E-state index is -0.891. The SMILES string of the molecule is C[C@H](OC(=O)C[C@@H](NC(N)=O)c1ccc(Cl)cc1)C(=O)NC1CC1. The van der Waals surface area contributed by atoms with Crippen molar-refractivity contribution in [2.24, 2.45) is 5.73 Å². The van der Waals surface area contributed by atoms with Crippen LogP contribution in [0, 0.1) is 0 Å². The number of esters is 1. The molecule has 0 spiro atoms. The zero-order chi connectivity index (χ0) is 17.7. The van der Waals surface area contributed by atoms with Gasteiger partial charge in [0.05, 0.1) is 12.5 Å². The van der Waals surface area contributed by atoms with Gasteiger partial charge in [-0.2, -0.15) is 0 Å². The predicted molar refractivity (Wildman–Crippen MR) is 88.2 cm³/mol. The molecule has 0 aliphatic heterocycles. The van der Waals surface area contributed by atoms with Gasteiger partial charge in [0.1, 0.15) is 0 Å². The molecule has 4 N–H and O–H groups in total. The first-order valence-electron chi connectivity index (χ1n) is 7.66. The van der Waals surface area contributed by atoms with Gasteiger partial charge in [0.2, 0.25) is 0 Å². The molecule has 0 saturated heterocycles. The van der Waals surface area contributed by atoms with Gasteiger partial charge in [-0.25, -0.2) is 4.79 Å². The summed E-state index contributed by atoms with van der Waals surface area (Å²) in [6.45, 7) is 1.51. The molecule has 1 aliphatic rings. The molecule has 7 nitrogen and oxygen atoms in total. The molecular weight excluding hydrogens is 334 g/mol. The summed E-state index contributed by atoms with van der Waals surface area (Å²) in [4.78, 5) is 35.0. The van der Waals surface area contributed by atoms with Crippen LogP contribution in [0.25, 0.3) is 0 Å². The highest BCUT2D eigenvalue weighted by Gasteiger charge is 2.28. The highest BCUT2D eigenvalue weighted by molar-refractivity contribution is 6.30. The molecule has 0 bridgehead atoms. The normalized spacial score (nSPS) is 15.9. The molecule has 8 heteroatoms. The largest absolute Gasteiger partial charge is 0.452 e. The van der Waals surface area contributed by atoms with Gasteiger partial charge in [0.15, 0.2) is 6.10 Å². The van der Waals surface area contributed by atoms with Crippen molar-refractivity contribution >= 4 is 29.5 Å². The van der Waals surface area contributed by atoms with Crippen molar-refractivity contribution < 1.29 is 19.1 Å². The Morgan fingerprint density at radius 1 is 1.29 bits per heavy atom. The van der Waals surface area contributed by atoms with Gasteiger partial charge in [0.25, 0.3) is 5.91 Å². The number of rotatable bonds is 7. The van der Waals surface area contributed by atoms with Gasteiger partial charge < -0.3 is 21.1 Å². The van der Waals surface area contributed by atoms with E-state index < -0.39 is 24.1 Å². The zero-order valence-electron chi connectivity index (χ0n) is 13.3. The second kappa shape index (κ2) is 8.01. The third-order valence-electron chi connectivity index (χ3n) is 3.56. The van der Waals surface area contributed by atoms with Crippen molar-refractivity contribution in [3.05, 3.63) is 34.9 Å². The minimum absolute atomic E-state index is 0.147. The standard InChI is InChI=1S/C16H20ClN3O4/c1-9(15(22)19-12-6-7-12)24-14(21)8-13(20-16(18)23)10-2-4-11(17)5-3-10/h2-5,9,12-13H,6-8H2,1H3,(H,19,22)(H3,18,20,23)/t9-,13+/m0/s1. The van der Waals surface area contributed by atoms with Gasteiger partial charge in [-0.05, 0) is 37.5 Å². The van der Waals surface area contributed by atoms with E-state index in [1.807, 2.05) is 0 Å². The Hall–Kier alpha value is -2.28. The lowest BCUT2D eigenvalue weighted by atomic mass is 10.0. The quantitative estimate of drug-likeness (QED) is 0.647. The number of urea groups is 1. The number of hydrogen-bond acceptors (Lipinski definition) is 4. The lowest BCUT2D eigenvalue weighted by Crippen LogP contribution is -2.38. The molecule has 1 fully saturated rings. The second-order valence-electron chi connectivity index (χ2n) is 5.73. The van der Waals surface area contributed by atoms with Gasteiger partial charge in [-0.15, -0.1) is 0 Å². The van der Waals surface area contributed by atoms with Crippen LogP contribution in [0.2, 0.25) is 5.02 Å². The van der Waals surface area contributed by atoms with Crippen LogP contribution in [0.1, 0.15) is 37.8 Å². The number of nitrogens with two attached hydrogens (primary N) is 1. The van der Waals surface area contributed by atoms with Crippen molar-refractivity contribution in [2.75, 3.05) is 0 Å². The summed E-state index contributed by atoms with van der Waals surface area (Å²) in [5.74, 6) is -0.932. The van der Waals surface area contributed by atoms with Crippen molar-refractivity contribution in [3.8, 4) is 0 Å². The molecule has 130 valence electrons. The van der Waals surface area contributed by atoms with Crippen LogP contribution in [-0.4, -0.2) is 30.1 Å². The van der Waals surface area contributed by atoms with E-state index in [9.17, 15) is 14.4 Å². The number of benzene rings is 1. The average Bonchev–Trinajstić information content (AvgIpc) is 3.30. The molecule has 1 aromatic carbocycles. The Kier molecular flexibility index (Phi) is 6.03. The monoisotopic (exact) mass is 353 g/mol. The summed E-state index contributed by atoms with van der Waals surface area (Å²) >= 11 is 5.83. The maximum atomic E-state index is 12.1. The molecule has 0 unspecified atom stereocenters. The van der Waals surface area contributed by atoms with Crippen LogP contribution in [-0.2, 0) is 14.3 Å². The summed E-state index contributed by atoms with van der Waals surface area (Å²) in [7, 11) is 0. The molecule has 2 atom stereocenters. The van der Waals surface area contributed by atoms with Gasteiger partial charge >= 0.3 is 12.0 Å². The lowest BCUT2D eigenvalue weighted by Gasteiger charge is -2.19. The molecule has 0 aromatic heterocycles. The van der Waals surface area contributed by atoms with Gasteiger partial charge in [-0.3, -0.25) is 9.59 Å². The van der Waals surface area contributed by atoms with E-state index in [0.29, 0.717) is 10.6 Å². The van der Waals surface area contributed by atoms with E-state index in [1.165, 1.54) is 6.92 Å². The van der Waals surface area contributed by atoms with Gasteiger partial charge in [0, 0.05) is 11.1 Å². The van der Waals surface area contributed by atoms with E-state index in [2.05, 4.69) is 10.6 Å². The molecular formula is C16H20ClN3O4. The molecule has 24 heavy (non-hydrogen) atoms. The fourth-order valence-corrected chi connectivity index (χ4v) is 2.26. The maximum absolute atomic E-state index is 12.1. The van der Waals surface area contributed by atoms with Gasteiger partial charge in [-0.1, -0.05) is 23.7 Å². The molecule has 3 amide bonds. The first-order chi connectivity index (χ1) is 11.3. The van der Waals surface area contributed by atoms with Crippen LogP contribution in [0.5, 0.6) is 0 Å². The Morgan fingerprint density at radius 2 is 1.92 bits per heavy atom. The topological polar surface area (TPSA) is 111 Å². The first kappa shape index (κ1) is 18.1. The Bertz CT molecular complexity index is 616. The highest BCUT2D eigenvalue weighted by Crippen LogP contribution is 2.21. The van der Waals surface area contributed by atoms with E-state index in [0.717, 1.165) is 12.8 Å². The molecule has 1 saturated carbocycles. The van der Waals surface area contributed by atoms with Crippen molar-refractivity contribution in [3.63, 3.8) is 0 Å². The third-order valence-corrected chi connectivity index (χ3v) is 3.81. The van der Waals surface area contributed by atoms with Crippen LogP contribution >= 0.6 is 11.6 Å². The number of ether oxygens (including phenoxy) is 1. The number of hydrogen-bond donors (Lipinski definition) is 3. The van der Waals surface area contributed by atoms with Crippen LogP contribution in [0.4, 0.5) is 4.79 Å². The molecule has 0 radical (unpaired) electrons. The van der Waals surface area contributed by atoms with Crippen LogP contribution < -0.4 is 16.4 Å². The summed E-state index contributed by atoms with van der Waals surface area (Å²) in [6.07, 6.45) is 0.866. The van der Waals surface area contributed by atoms with E-state index in [4.69, 9.17) is 22.1 Å². The summed E-state index contributed by atoms with van der Waals surface area (Å²) in [5.41, 5.74) is 5.81. The molecule has 0 heterocycles. The zero-order valence-corrected chi connectivity index (χ0v) is 14.0. The molecule has 1 aromatic rings. The second-order valence-corrected chi connectivity index (χ2v) is 6.17. The van der Waals surface area contributed by atoms with E-state index >= 15 is 0 Å². The van der Waals surface area contributed by atoms with Crippen molar-refractivity contribution in [2.45, 2.75) is 44.4 Å².